The van der Waals surface area contributed by atoms with E-state index in [9.17, 15) is 19.2 Å². The van der Waals surface area contributed by atoms with Crippen molar-refractivity contribution >= 4 is 23.5 Å². The topological polar surface area (TPSA) is 102 Å². The van der Waals surface area contributed by atoms with Crippen LogP contribution in [0, 0.1) is 17.8 Å². The summed E-state index contributed by atoms with van der Waals surface area (Å²) in [6, 6.07) is 0. The Balaban J connectivity index is 2.00. The molecule has 1 rings (SSSR count). The number of nitrogens with one attached hydrogen (secondary N) is 1. The van der Waals surface area contributed by atoms with Crippen LogP contribution in [0.2, 0.25) is 0 Å². The fourth-order valence-corrected chi connectivity index (χ4v) is 2.99. The second-order valence-electron chi connectivity index (χ2n) is 7.99. The number of carbonyl (C=O) groups excluding carboxylic acids is 4. The van der Waals surface area contributed by atoms with Gasteiger partial charge in [-0.05, 0) is 12.3 Å². The quantitative estimate of drug-likeness (QED) is 0.324. The van der Waals surface area contributed by atoms with Gasteiger partial charge in [0.15, 0.2) is 0 Å². The molecule has 0 aromatic carbocycles. The average Bonchev–Trinajstić information content (AvgIpc) is 2.95. The predicted octanol–water partition coefficient (Wildman–Crippen LogP) is 1.56. The second-order valence-corrected chi connectivity index (χ2v) is 7.99. The number of ether oxygens (including phenoxy) is 2. The van der Waals surface area contributed by atoms with Crippen molar-refractivity contribution in [2.75, 3.05) is 39.5 Å². The molecule has 0 aliphatic carbocycles. The maximum Gasteiger partial charge on any atom is 0.233 e. The Morgan fingerprint density at radius 1 is 1.03 bits per heavy atom. The minimum atomic E-state index is -0.267. The number of hydrogen-bond donors (Lipinski definition) is 1. The highest BCUT2D eigenvalue weighted by atomic mass is 16.5. The maximum atomic E-state index is 12.2. The molecule has 3 amide bonds. The summed E-state index contributed by atoms with van der Waals surface area (Å²) in [6.45, 7) is 9.87. The molecule has 1 atom stereocenters. The molecular weight excluding hydrogens is 376 g/mol. The fourth-order valence-electron chi connectivity index (χ4n) is 2.99. The van der Waals surface area contributed by atoms with Crippen LogP contribution in [0.25, 0.3) is 0 Å². The molecule has 1 fully saturated rings. The molecule has 1 heterocycles. The Bertz CT molecular complexity index is 561. The lowest BCUT2D eigenvalue weighted by Crippen LogP contribution is -2.36. The monoisotopic (exact) mass is 412 g/mol. The Labute approximate surface area is 173 Å². The van der Waals surface area contributed by atoms with Gasteiger partial charge in [-0.15, -0.1) is 0 Å². The lowest BCUT2D eigenvalue weighted by atomic mass is 9.94. The molecule has 1 unspecified atom stereocenters. The molecule has 0 bridgehead atoms. The highest BCUT2D eigenvalue weighted by molar-refractivity contribution is 6.03. The van der Waals surface area contributed by atoms with Crippen molar-refractivity contribution in [2.45, 2.75) is 53.4 Å². The van der Waals surface area contributed by atoms with Crippen LogP contribution >= 0.6 is 0 Å². The molecule has 0 aromatic rings. The Morgan fingerprint density at radius 3 is 2.28 bits per heavy atom. The third-order valence-electron chi connectivity index (χ3n) is 4.94. The largest absolute Gasteiger partial charge is 0.379 e. The molecule has 1 aliphatic heterocycles. The number of likely N-dealkylation sites (tertiary alicyclic amines) is 1. The van der Waals surface area contributed by atoms with E-state index in [4.69, 9.17) is 9.47 Å². The summed E-state index contributed by atoms with van der Waals surface area (Å²) in [6.07, 6.45) is 1.59. The van der Waals surface area contributed by atoms with E-state index < -0.39 is 0 Å². The van der Waals surface area contributed by atoms with Gasteiger partial charge in [-0.1, -0.05) is 27.7 Å². The van der Waals surface area contributed by atoms with Crippen LogP contribution in [0.1, 0.15) is 53.4 Å². The Morgan fingerprint density at radius 2 is 1.69 bits per heavy atom. The molecule has 166 valence electrons. The lowest BCUT2D eigenvalue weighted by Gasteiger charge is -2.16. The molecule has 0 saturated carbocycles. The first-order valence-electron chi connectivity index (χ1n) is 10.5. The molecule has 1 N–H and O–H groups in total. The summed E-state index contributed by atoms with van der Waals surface area (Å²) in [5.41, 5.74) is 0. The van der Waals surface area contributed by atoms with Crippen LogP contribution < -0.4 is 5.32 Å². The standard InChI is InChI=1S/C21H36N2O6/c1-15(2)17-14-20(26)23(21(17)27)9-7-19(25)22-8-11-29-13-12-28-10-5-6-18(24)16(3)4/h15-17H,5-14H2,1-4H3,(H,22,25). The molecule has 1 aliphatic rings. The zero-order chi connectivity index (χ0) is 21.8. The number of amides is 3. The highest BCUT2D eigenvalue weighted by Crippen LogP contribution is 2.26. The van der Waals surface area contributed by atoms with Crippen molar-refractivity contribution in [2.24, 2.45) is 17.8 Å². The van der Waals surface area contributed by atoms with Gasteiger partial charge in [0, 0.05) is 50.8 Å². The first-order valence-corrected chi connectivity index (χ1v) is 10.5. The van der Waals surface area contributed by atoms with Crippen molar-refractivity contribution in [1.29, 1.82) is 0 Å². The zero-order valence-electron chi connectivity index (χ0n) is 18.2. The van der Waals surface area contributed by atoms with E-state index in [1.54, 1.807) is 0 Å². The molecule has 29 heavy (non-hydrogen) atoms. The summed E-state index contributed by atoms with van der Waals surface area (Å²) in [5, 5.41) is 2.71. The van der Waals surface area contributed by atoms with Crippen molar-refractivity contribution in [3.05, 3.63) is 0 Å². The van der Waals surface area contributed by atoms with E-state index in [1.165, 1.54) is 4.90 Å². The van der Waals surface area contributed by atoms with Crippen LogP contribution in [0.15, 0.2) is 0 Å². The summed E-state index contributed by atoms with van der Waals surface area (Å²) < 4.78 is 10.8. The fraction of sp³-hybridized carbons (Fsp3) is 0.810. The second kappa shape index (κ2) is 13.4. The third-order valence-corrected chi connectivity index (χ3v) is 4.94. The van der Waals surface area contributed by atoms with E-state index >= 15 is 0 Å². The van der Waals surface area contributed by atoms with E-state index in [-0.39, 0.29) is 60.6 Å². The third kappa shape index (κ3) is 9.49. The SMILES string of the molecule is CC(C)C(=O)CCCOCCOCCNC(=O)CCN1C(=O)CC(C(C)C)C1=O. The average molecular weight is 413 g/mol. The summed E-state index contributed by atoms with van der Waals surface area (Å²) in [7, 11) is 0. The Kier molecular flexibility index (Phi) is 11.7. The molecule has 0 spiro atoms. The molecule has 8 nitrogen and oxygen atoms in total. The van der Waals surface area contributed by atoms with Gasteiger partial charge in [-0.25, -0.2) is 0 Å². The number of carbonyl (C=O) groups is 4. The summed E-state index contributed by atoms with van der Waals surface area (Å²) in [5.74, 6) is -0.409. The molecule has 8 heteroatoms. The first kappa shape index (κ1) is 25.2. The van der Waals surface area contributed by atoms with E-state index in [1.807, 2.05) is 27.7 Å². The molecule has 0 aromatic heterocycles. The lowest BCUT2D eigenvalue weighted by molar-refractivity contribution is -0.140. The Hall–Kier alpha value is -1.80. The minimum absolute atomic E-state index is 0.0711. The van der Waals surface area contributed by atoms with Crippen molar-refractivity contribution in [3.63, 3.8) is 0 Å². The highest BCUT2D eigenvalue weighted by Gasteiger charge is 2.39. The van der Waals surface area contributed by atoms with Crippen molar-refractivity contribution < 1.29 is 28.7 Å². The summed E-state index contributed by atoms with van der Waals surface area (Å²) >= 11 is 0. The van der Waals surface area contributed by atoms with Gasteiger partial charge in [0.1, 0.15) is 5.78 Å². The number of rotatable bonds is 15. The van der Waals surface area contributed by atoms with Crippen molar-refractivity contribution in [3.8, 4) is 0 Å². The number of nitrogens with zero attached hydrogens (tertiary/aromatic N) is 1. The van der Waals surface area contributed by atoms with Gasteiger partial charge in [0.2, 0.25) is 17.7 Å². The van der Waals surface area contributed by atoms with Gasteiger partial charge < -0.3 is 14.8 Å². The van der Waals surface area contributed by atoms with Gasteiger partial charge in [0.25, 0.3) is 0 Å². The van der Waals surface area contributed by atoms with E-state index in [2.05, 4.69) is 5.32 Å². The van der Waals surface area contributed by atoms with Gasteiger partial charge >= 0.3 is 0 Å². The zero-order valence-corrected chi connectivity index (χ0v) is 18.2. The number of Topliss-reactive ketones (excluding diaryl/α,β-unsaturated/α-hetero) is 1. The van der Waals surface area contributed by atoms with Gasteiger partial charge in [-0.2, -0.15) is 0 Å². The van der Waals surface area contributed by atoms with Crippen LogP contribution in [0.4, 0.5) is 0 Å². The van der Waals surface area contributed by atoms with E-state index in [0.29, 0.717) is 45.8 Å². The maximum absolute atomic E-state index is 12.2. The number of imide groups is 1. The molecule has 0 radical (unpaired) electrons. The first-order chi connectivity index (χ1) is 13.7. The predicted molar refractivity (Wildman–Crippen MR) is 108 cm³/mol. The van der Waals surface area contributed by atoms with Crippen LogP contribution in [-0.2, 0) is 28.7 Å². The van der Waals surface area contributed by atoms with Gasteiger partial charge in [0.05, 0.1) is 19.8 Å². The van der Waals surface area contributed by atoms with E-state index in [0.717, 1.165) is 0 Å². The van der Waals surface area contributed by atoms with Crippen molar-refractivity contribution in [1.82, 2.24) is 10.2 Å². The van der Waals surface area contributed by atoms with Crippen LogP contribution in [0.5, 0.6) is 0 Å². The minimum Gasteiger partial charge on any atom is -0.379 e. The normalized spacial score (nSPS) is 16.9. The van der Waals surface area contributed by atoms with Crippen LogP contribution in [-0.4, -0.2) is 67.9 Å². The van der Waals surface area contributed by atoms with Gasteiger partial charge in [-0.3, -0.25) is 24.1 Å². The molecule has 1 saturated heterocycles. The molecular formula is C21H36N2O6. The number of hydrogen-bond acceptors (Lipinski definition) is 6. The summed E-state index contributed by atoms with van der Waals surface area (Å²) in [4.78, 5) is 48.6. The number of ketones is 1. The smallest absolute Gasteiger partial charge is 0.233 e. The van der Waals surface area contributed by atoms with Crippen LogP contribution in [0.3, 0.4) is 0 Å².